The molecule has 1 aliphatic carbocycles. The maximum Gasteiger partial charge on any atom is 0.314 e. The zero-order chi connectivity index (χ0) is 16.0. The molecule has 1 aromatic rings. The molecule has 5 heteroatoms. The summed E-state index contributed by atoms with van der Waals surface area (Å²) in [5, 5.41) is 0. The average Bonchev–Trinajstić information content (AvgIpc) is 2.83. The molecule has 0 N–H and O–H groups in total. The van der Waals surface area contributed by atoms with E-state index in [2.05, 4.69) is 18.8 Å². The minimum absolute atomic E-state index is 0.0691. The second-order valence-corrected chi connectivity index (χ2v) is 7.17. The molecule has 0 aromatic carbocycles. The first-order chi connectivity index (χ1) is 10.4. The van der Waals surface area contributed by atoms with Gasteiger partial charge in [-0.15, -0.1) is 0 Å². The first kappa shape index (κ1) is 15.0. The molecule has 1 saturated carbocycles. The number of aromatic nitrogens is 1. The van der Waals surface area contributed by atoms with E-state index in [1.165, 1.54) is 7.11 Å². The van der Waals surface area contributed by atoms with Crippen LogP contribution in [0.1, 0.15) is 25.8 Å². The molecule has 1 aliphatic heterocycles. The van der Waals surface area contributed by atoms with Crippen LogP contribution in [0.15, 0.2) is 24.5 Å². The van der Waals surface area contributed by atoms with Gasteiger partial charge < -0.3 is 9.64 Å². The Balaban J connectivity index is 1.75. The number of ether oxygens (including phenoxy) is 1. The maximum absolute atomic E-state index is 12.6. The van der Waals surface area contributed by atoms with Gasteiger partial charge in [-0.3, -0.25) is 14.6 Å². The summed E-state index contributed by atoms with van der Waals surface area (Å²) in [6, 6.07) is 3.70. The van der Waals surface area contributed by atoms with Crippen molar-refractivity contribution in [1.29, 1.82) is 0 Å². The van der Waals surface area contributed by atoms with Crippen molar-refractivity contribution < 1.29 is 14.3 Å². The molecule has 5 nitrogen and oxygen atoms in total. The number of carbonyl (C=O) groups is 2. The van der Waals surface area contributed by atoms with Crippen molar-refractivity contribution in [3.63, 3.8) is 0 Å². The van der Waals surface area contributed by atoms with Gasteiger partial charge >= 0.3 is 5.97 Å². The number of amides is 1. The highest BCUT2D eigenvalue weighted by molar-refractivity contribution is 5.84. The van der Waals surface area contributed by atoms with Gasteiger partial charge in [-0.25, -0.2) is 0 Å². The third-order valence-electron chi connectivity index (χ3n) is 5.31. The Hall–Kier alpha value is -1.91. The SMILES string of the molecule is COC(=O)[C@@]12CN(C(=O)Cc3ccncc3)C[C@@H]1C(C)(C)C2. The Morgan fingerprint density at radius 1 is 1.36 bits per heavy atom. The molecule has 1 saturated heterocycles. The molecule has 1 amide bonds. The van der Waals surface area contributed by atoms with Crippen LogP contribution in [0.5, 0.6) is 0 Å². The van der Waals surface area contributed by atoms with Crippen molar-refractivity contribution in [2.24, 2.45) is 16.7 Å². The Morgan fingerprint density at radius 2 is 2.05 bits per heavy atom. The molecular weight excluding hydrogens is 280 g/mol. The van der Waals surface area contributed by atoms with E-state index in [-0.39, 0.29) is 23.2 Å². The summed E-state index contributed by atoms with van der Waals surface area (Å²) in [6.45, 7) is 5.45. The van der Waals surface area contributed by atoms with E-state index in [9.17, 15) is 9.59 Å². The Bertz CT molecular complexity index is 599. The van der Waals surface area contributed by atoms with Gasteiger partial charge in [0.15, 0.2) is 0 Å². The lowest BCUT2D eigenvalue weighted by atomic mass is 9.48. The van der Waals surface area contributed by atoms with Crippen LogP contribution in [0.3, 0.4) is 0 Å². The normalized spacial score (nSPS) is 28.7. The van der Waals surface area contributed by atoms with Crippen molar-refractivity contribution in [2.45, 2.75) is 26.7 Å². The molecule has 118 valence electrons. The molecule has 22 heavy (non-hydrogen) atoms. The van der Waals surface area contributed by atoms with Gasteiger partial charge in [0.1, 0.15) is 0 Å². The fourth-order valence-corrected chi connectivity index (χ4v) is 4.35. The van der Waals surface area contributed by atoms with E-state index in [1.807, 2.05) is 17.0 Å². The number of hydrogen-bond acceptors (Lipinski definition) is 4. The van der Waals surface area contributed by atoms with Crippen LogP contribution in [-0.2, 0) is 20.7 Å². The van der Waals surface area contributed by atoms with Gasteiger partial charge in [0.05, 0.1) is 18.9 Å². The van der Waals surface area contributed by atoms with Crippen molar-refractivity contribution in [3.05, 3.63) is 30.1 Å². The fraction of sp³-hybridized carbons (Fsp3) is 0.588. The first-order valence-electron chi connectivity index (χ1n) is 7.64. The second kappa shape index (κ2) is 5.07. The molecule has 0 spiro atoms. The largest absolute Gasteiger partial charge is 0.469 e. The van der Waals surface area contributed by atoms with Gasteiger partial charge in [0.25, 0.3) is 0 Å². The molecule has 2 atom stereocenters. The average molecular weight is 302 g/mol. The number of hydrogen-bond donors (Lipinski definition) is 0. The zero-order valence-corrected chi connectivity index (χ0v) is 13.3. The third kappa shape index (κ3) is 2.19. The van der Waals surface area contributed by atoms with Crippen LogP contribution < -0.4 is 0 Å². The predicted molar refractivity (Wildman–Crippen MR) is 80.9 cm³/mol. The van der Waals surface area contributed by atoms with Crippen molar-refractivity contribution >= 4 is 11.9 Å². The molecule has 1 aromatic heterocycles. The number of fused-ring (bicyclic) bond motifs is 1. The number of methoxy groups -OCH3 is 1. The highest BCUT2D eigenvalue weighted by Gasteiger charge is 2.67. The van der Waals surface area contributed by atoms with E-state index in [0.29, 0.717) is 19.5 Å². The maximum atomic E-state index is 12.6. The number of likely N-dealkylation sites (tertiary alicyclic amines) is 1. The van der Waals surface area contributed by atoms with Gasteiger partial charge in [0, 0.05) is 25.5 Å². The lowest BCUT2D eigenvalue weighted by Crippen LogP contribution is -2.57. The topological polar surface area (TPSA) is 59.5 Å². The number of esters is 1. The number of nitrogens with zero attached hydrogens (tertiary/aromatic N) is 2. The monoisotopic (exact) mass is 302 g/mol. The minimum Gasteiger partial charge on any atom is -0.469 e. The first-order valence-corrected chi connectivity index (χ1v) is 7.64. The lowest BCUT2D eigenvalue weighted by Gasteiger charge is -2.54. The Morgan fingerprint density at radius 3 is 2.64 bits per heavy atom. The van der Waals surface area contributed by atoms with Crippen LogP contribution in [0, 0.1) is 16.7 Å². The standard InChI is InChI=1S/C17H22N2O3/c1-16(2)10-17(15(21)22-3)11-19(9-13(16)17)14(20)8-12-4-6-18-7-5-12/h4-7,13H,8-11H2,1-3H3/t13-,17+/m1/s1. The summed E-state index contributed by atoms with van der Waals surface area (Å²) in [7, 11) is 1.43. The fourth-order valence-electron chi connectivity index (χ4n) is 4.35. The van der Waals surface area contributed by atoms with Crippen LogP contribution in [0.2, 0.25) is 0 Å². The van der Waals surface area contributed by atoms with Gasteiger partial charge in [0.2, 0.25) is 5.91 Å². The van der Waals surface area contributed by atoms with Crippen LogP contribution in [0.4, 0.5) is 0 Å². The van der Waals surface area contributed by atoms with Crippen molar-refractivity contribution in [1.82, 2.24) is 9.88 Å². The highest BCUT2D eigenvalue weighted by atomic mass is 16.5. The molecule has 2 fully saturated rings. The van der Waals surface area contributed by atoms with Gasteiger partial charge in [-0.1, -0.05) is 13.8 Å². The molecular formula is C17H22N2O3. The van der Waals surface area contributed by atoms with Gasteiger partial charge in [-0.2, -0.15) is 0 Å². The quantitative estimate of drug-likeness (QED) is 0.797. The highest BCUT2D eigenvalue weighted by Crippen LogP contribution is 2.63. The zero-order valence-electron chi connectivity index (χ0n) is 13.3. The van der Waals surface area contributed by atoms with E-state index in [1.54, 1.807) is 12.4 Å². The van der Waals surface area contributed by atoms with E-state index in [4.69, 9.17) is 4.74 Å². The lowest BCUT2D eigenvalue weighted by molar-refractivity contribution is -0.174. The predicted octanol–water partition coefficient (Wildman–Crippen LogP) is 1.67. The molecule has 2 aliphatic rings. The summed E-state index contributed by atoms with van der Waals surface area (Å²) in [6.07, 6.45) is 4.52. The van der Waals surface area contributed by atoms with Crippen molar-refractivity contribution in [3.8, 4) is 0 Å². The van der Waals surface area contributed by atoms with E-state index < -0.39 is 5.41 Å². The van der Waals surface area contributed by atoms with Crippen LogP contribution in [-0.4, -0.2) is 42.0 Å². The number of rotatable bonds is 3. The third-order valence-corrected chi connectivity index (χ3v) is 5.31. The Kier molecular flexibility index (Phi) is 3.46. The van der Waals surface area contributed by atoms with E-state index in [0.717, 1.165) is 12.0 Å². The molecule has 3 rings (SSSR count). The van der Waals surface area contributed by atoms with E-state index >= 15 is 0 Å². The minimum atomic E-state index is -0.494. The molecule has 0 unspecified atom stereocenters. The second-order valence-electron chi connectivity index (χ2n) is 7.17. The summed E-state index contributed by atoms with van der Waals surface area (Å²) < 4.78 is 5.01. The Labute approximate surface area is 130 Å². The molecule has 2 heterocycles. The smallest absolute Gasteiger partial charge is 0.314 e. The van der Waals surface area contributed by atoms with Gasteiger partial charge in [-0.05, 0) is 35.4 Å². The molecule has 0 radical (unpaired) electrons. The van der Waals surface area contributed by atoms with Crippen molar-refractivity contribution in [2.75, 3.05) is 20.2 Å². The number of pyridine rings is 1. The summed E-state index contributed by atoms with van der Waals surface area (Å²) in [4.78, 5) is 30.6. The van der Waals surface area contributed by atoms with Crippen LogP contribution >= 0.6 is 0 Å². The van der Waals surface area contributed by atoms with Crippen LogP contribution in [0.25, 0.3) is 0 Å². The number of carbonyl (C=O) groups excluding carboxylic acids is 2. The summed E-state index contributed by atoms with van der Waals surface area (Å²) in [5.74, 6) is 0.0876. The molecule has 0 bridgehead atoms. The summed E-state index contributed by atoms with van der Waals surface area (Å²) >= 11 is 0. The summed E-state index contributed by atoms with van der Waals surface area (Å²) in [5.41, 5.74) is 0.539.